The predicted octanol–water partition coefficient (Wildman–Crippen LogP) is 8.98. The predicted molar refractivity (Wildman–Crippen MR) is 142 cm³/mol. The van der Waals surface area contributed by atoms with Gasteiger partial charge >= 0.3 is 0 Å². The molecule has 1 aliphatic heterocycles. The molecule has 0 saturated heterocycles. The van der Waals surface area contributed by atoms with E-state index in [0.717, 1.165) is 11.9 Å². The SMILES string of the molecule is CCC1=C(OC)[P@@]1(=Nc1c(C(C)(C)C)cc(C(C)(C)C)cc1C(C)(C)C)c1ccccc1. The van der Waals surface area contributed by atoms with Crippen molar-refractivity contribution in [2.45, 2.75) is 91.9 Å². The molecule has 0 amide bonds. The van der Waals surface area contributed by atoms with Crippen LogP contribution in [0.1, 0.15) is 92.3 Å². The van der Waals surface area contributed by atoms with E-state index >= 15 is 0 Å². The van der Waals surface area contributed by atoms with E-state index in [1.54, 1.807) is 0 Å². The monoisotopic (exact) mass is 451 g/mol. The lowest BCUT2D eigenvalue weighted by Gasteiger charge is -2.32. The highest BCUT2D eigenvalue weighted by Gasteiger charge is 2.49. The minimum Gasteiger partial charge on any atom is -0.494 e. The summed E-state index contributed by atoms with van der Waals surface area (Å²) >= 11 is 0. The van der Waals surface area contributed by atoms with Crippen molar-refractivity contribution >= 4 is 18.0 Å². The smallest absolute Gasteiger partial charge is 0.148 e. The van der Waals surface area contributed by atoms with Crippen LogP contribution in [-0.4, -0.2) is 7.11 Å². The molecule has 0 spiro atoms. The fourth-order valence-corrected chi connectivity index (χ4v) is 8.21. The fraction of sp³-hybridized carbons (Fsp3) is 0.517. The van der Waals surface area contributed by atoms with Gasteiger partial charge in [0.2, 0.25) is 0 Å². The van der Waals surface area contributed by atoms with Crippen LogP contribution in [0.15, 0.2) is 58.0 Å². The number of ether oxygens (including phenoxy) is 1. The van der Waals surface area contributed by atoms with E-state index in [4.69, 9.17) is 9.48 Å². The van der Waals surface area contributed by atoms with Crippen molar-refractivity contribution in [3.05, 3.63) is 70.0 Å². The van der Waals surface area contributed by atoms with Crippen LogP contribution in [0.25, 0.3) is 0 Å². The van der Waals surface area contributed by atoms with Crippen LogP contribution in [0.4, 0.5) is 5.69 Å². The third-order valence-corrected chi connectivity index (χ3v) is 10.0. The Bertz CT molecular complexity index is 1030. The summed E-state index contributed by atoms with van der Waals surface area (Å²) in [7, 11) is -0.191. The highest BCUT2D eigenvalue weighted by atomic mass is 31.2. The van der Waals surface area contributed by atoms with Crippen molar-refractivity contribution in [3.63, 3.8) is 0 Å². The lowest BCUT2D eigenvalue weighted by atomic mass is 9.74. The highest BCUT2D eigenvalue weighted by molar-refractivity contribution is 7.88. The average Bonchev–Trinajstić information content (AvgIpc) is 3.33. The van der Waals surface area contributed by atoms with Gasteiger partial charge in [-0.1, -0.05) is 112 Å². The zero-order valence-corrected chi connectivity index (χ0v) is 22.9. The Morgan fingerprint density at radius 2 is 1.28 bits per heavy atom. The quantitative estimate of drug-likeness (QED) is 0.425. The summed E-state index contributed by atoms with van der Waals surface area (Å²) in [6, 6.07) is 15.6. The molecule has 2 nitrogen and oxygen atoms in total. The molecular weight excluding hydrogens is 409 g/mol. The van der Waals surface area contributed by atoms with Crippen molar-refractivity contribution < 1.29 is 4.74 Å². The summed E-state index contributed by atoms with van der Waals surface area (Å²) in [5.41, 5.74) is 6.39. The molecule has 0 aliphatic carbocycles. The first-order valence-electron chi connectivity index (χ1n) is 11.8. The molecule has 0 aromatic heterocycles. The molecule has 1 aliphatic rings. The largest absolute Gasteiger partial charge is 0.494 e. The van der Waals surface area contributed by atoms with E-state index in [1.807, 2.05) is 7.11 Å². The third kappa shape index (κ3) is 4.36. The van der Waals surface area contributed by atoms with Crippen molar-refractivity contribution in [3.8, 4) is 0 Å². The van der Waals surface area contributed by atoms with Gasteiger partial charge in [0.15, 0.2) is 0 Å². The molecule has 2 aromatic carbocycles. The van der Waals surface area contributed by atoms with Crippen LogP contribution in [0.2, 0.25) is 0 Å². The van der Waals surface area contributed by atoms with Gasteiger partial charge in [-0.2, -0.15) is 0 Å². The Balaban J connectivity index is 2.46. The first kappa shape index (κ1) is 24.8. The number of hydrogen-bond acceptors (Lipinski definition) is 2. The molecule has 0 radical (unpaired) electrons. The molecule has 1 atom stereocenters. The maximum absolute atomic E-state index is 5.97. The molecule has 0 unspecified atom stereocenters. The normalized spacial score (nSPS) is 19.2. The summed E-state index contributed by atoms with van der Waals surface area (Å²) in [6.07, 6.45) is 0.977. The highest BCUT2D eigenvalue weighted by Crippen LogP contribution is 2.80. The molecule has 32 heavy (non-hydrogen) atoms. The molecule has 3 rings (SSSR count). The number of methoxy groups -OCH3 is 1. The van der Waals surface area contributed by atoms with Gasteiger partial charge in [0.05, 0.1) is 19.9 Å². The van der Waals surface area contributed by atoms with Crippen LogP contribution in [0.5, 0.6) is 0 Å². The molecule has 3 heteroatoms. The fourth-order valence-electron chi connectivity index (χ4n) is 4.44. The Hall–Kier alpha value is -1.79. The maximum Gasteiger partial charge on any atom is 0.148 e. The van der Waals surface area contributed by atoms with Crippen LogP contribution >= 0.6 is 7.05 Å². The van der Waals surface area contributed by atoms with Crippen LogP contribution < -0.4 is 5.30 Å². The van der Waals surface area contributed by atoms with E-state index in [-0.39, 0.29) is 16.2 Å². The zero-order valence-electron chi connectivity index (χ0n) is 22.1. The van der Waals surface area contributed by atoms with E-state index in [9.17, 15) is 0 Å². The molecule has 0 fully saturated rings. The second-order valence-electron chi connectivity index (χ2n) is 12.1. The van der Waals surface area contributed by atoms with Gasteiger partial charge < -0.3 is 4.74 Å². The standard InChI is InChI=1S/C29H42NOP/c1-12-24-26(31-11)32(24,21-16-14-13-15-17-21)30-25-22(28(5,6)7)18-20(27(2,3)4)19-23(25)29(8,9)10/h13-19H,12H2,1-11H3/t32-/m1/s1. The molecule has 1 heterocycles. The Kier molecular flexibility index (Phi) is 6.37. The van der Waals surface area contributed by atoms with E-state index < -0.39 is 7.05 Å². The molecule has 0 saturated carbocycles. The van der Waals surface area contributed by atoms with Gasteiger partial charge in [0, 0.05) is 10.6 Å². The summed E-state index contributed by atoms with van der Waals surface area (Å²) in [5, 5.41) is 2.69. The Morgan fingerprint density at radius 1 is 0.781 bits per heavy atom. The zero-order chi connectivity index (χ0) is 24.1. The average molecular weight is 452 g/mol. The van der Waals surface area contributed by atoms with Crippen molar-refractivity contribution in [2.24, 2.45) is 4.74 Å². The third-order valence-electron chi connectivity index (χ3n) is 6.38. The summed E-state index contributed by atoms with van der Waals surface area (Å²) in [6.45, 7) is 23.0. The van der Waals surface area contributed by atoms with Crippen molar-refractivity contribution in [1.82, 2.24) is 0 Å². The van der Waals surface area contributed by atoms with Crippen LogP contribution in [-0.2, 0) is 21.0 Å². The van der Waals surface area contributed by atoms with E-state index in [0.29, 0.717) is 0 Å². The van der Waals surface area contributed by atoms with Gasteiger partial charge in [-0.3, -0.25) is 4.74 Å². The molecule has 0 N–H and O–H groups in total. The molecule has 2 aromatic rings. The molecular formula is C29H42NOP. The Morgan fingerprint density at radius 3 is 1.62 bits per heavy atom. The van der Waals surface area contributed by atoms with Gasteiger partial charge in [0.1, 0.15) is 5.50 Å². The second-order valence-corrected chi connectivity index (χ2v) is 15.0. The molecule has 0 bridgehead atoms. The number of hydrogen-bond donors (Lipinski definition) is 0. The van der Waals surface area contributed by atoms with Crippen LogP contribution in [0, 0.1) is 0 Å². The van der Waals surface area contributed by atoms with E-state index in [2.05, 4.69) is 112 Å². The molecule has 174 valence electrons. The minimum atomic E-state index is -2.00. The van der Waals surface area contributed by atoms with Gasteiger partial charge in [-0.25, -0.2) is 0 Å². The Labute approximate surface area is 196 Å². The van der Waals surface area contributed by atoms with Crippen molar-refractivity contribution in [1.29, 1.82) is 0 Å². The number of allylic oxidation sites excluding steroid dienone is 1. The summed E-state index contributed by atoms with van der Waals surface area (Å²) < 4.78 is 11.7. The minimum absolute atomic E-state index is 0.0175. The van der Waals surface area contributed by atoms with E-state index in [1.165, 1.54) is 33.0 Å². The lowest BCUT2D eigenvalue weighted by Crippen LogP contribution is -2.21. The number of nitrogens with zero attached hydrogens (tertiary/aromatic N) is 1. The number of rotatable bonds is 4. The topological polar surface area (TPSA) is 21.6 Å². The summed E-state index contributed by atoms with van der Waals surface area (Å²) in [5.74, 6) is 0. The van der Waals surface area contributed by atoms with Crippen molar-refractivity contribution in [2.75, 3.05) is 7.11 Å². The number of benzene rings is 2. The van der Waals surface area contributed by atoms with Gasteiger partial charge in [-0.15, -0.1) is 0 Å². The van der Waals surface area contributed by atoms with Crippen LogP contribution in [0.3, 0.4) is 0 Å². The van der Waals surface area contributed by atoms with Gasteiger partial charge in [-0.05, 0) is 39.4 Å². The maximum atomic E-state index is 5.97. The van der Waals surface area contributed by atoms with Gasteiger partial charge in [0.25, 0.3) is 0 Å². The first-order valence-corrected chi connectivity index (χ1v) is 13.6. The second kappa shape index (κ2) is 8.21. The summed E-state index contributed by atoms with van der Waals surface area (Å²) in [4.78, 5) is 0. The first-order chi connectivity index (χ1) is 14.7. The lowest BCUT2D eigenvalue weighted by molar-refractivity contribution is 0.328.